The molecular formula is C16H17ClN2. The largest absolute Gasteiger partial charge is 0.326 e. The van der Waals surface area contributed by atoms with Crippen molar-refractivity contribution in [2.45, 2.75) is 19.2 Å². The van der Waals surface area contributed by atoms with Crippen LogP contribution in [0, 0.1) is 5.92 Å². The summed E-state index contributed by atoms with van der Waals surface area (Å²) in [4.78, 5) is 6.86. The van der Waals surface area contributed by atoms with Crippen LogP contribution in [0.2, 0.25) is 0 Å². The average Bonchev–Trinajstić information content (AvgIpc) is 2.46. The molecule has 2 nitrogen and oxygen atoms in total. The first-order valence-electron chi connectivity index (χ1n) is 6.64. The molecule has 3 heteroatoms. The number of alkyl halides is 1. The van der Waals surface area contributed by atoms with Crippen molar-refractivity contribution in [1.29, 1.82) is 0 Å². The molecule has 0 saturated heterocycles. The van der Waals surface area contributed by atoms with Crippen LogP contribution in [0.25, 0.3) is 0 Å². The highest BCUT2D eigenvalue weighted by Gasteiger charge is 2.22. The van der Waals surface area contributed by atoms with E-state index in [2.05, 4.69) is 53.2 Å². The van der Waals surface area contributed by atoms with Gasteiger partial charge in [0.25, 0.3) is 0 Å². The number of hydrogen-bond donors (Lipinski definition) is 0. The van der Waals surface area contributed by atoms with Crippen molar-refractivity contribution in [3.8, 4) is 0 Å². The summed E-state index contributed by atoms with van der Waals surface area (Å²) in [6.07, 6.45) is 3.01. The minimum absolute atomic E-state index is 0.514. The standard InChI is InChI=1S/C16H17ClN2/c1-12-8-14-4-2-3-5-15(14)19(11-12)16-7-6-13(9-17)10-18-16/h2-7,10,12H,8-9,11H2,1H3. The summed E-state index contributed by atoms with van der Waals surface area (Å²) in [5.74, 6) is 2.16. The zero-order valence-corrected chi connectivity index (χ0v) is 11.8. The van der Waals surface area contributed by atoms with Crippen molar-refractivity contribution in [1.82, 2.24) is 4.98 Å². The minimum atomic E-state index is 0.514. The number of para-hydroxylation sites is 1. The Morgan fingerprint density at radius 2 is 2.11 bits per heavy atom. The van der Waals surface area contributed by atoms with Crippen LogP contribution in [0.5, 0.6) is 0 Å². The maximum Gasteiger partial charge on any atom is 0.132 e. The molecule has 0 bridgehead atoms. The Morgan fingerprint density at radius 3 is 2.84 bits per heavy atom. The fourth-order valence-electron chi connectivity index (χ4n) is 2.67. The van der Waals surface area contributed by atoms with Gasteiger partial charge in [-0.2, -0.15) is 0 Å². The van der Waals surface area contributed by atoms with Crippen molar-refractivity contribution in [2.75, 3.05) is 11.4 Å². The second kappa shape index (κ2) is 5.22. The lowest BCUT2D eigenvalue weighted by atomic mass is 9.94. The molecule has 1 aliphatic rings. The van der Waals surface area contributed by atoms with E-state index in [1.165, 1.54) is 11.3 Å². The second-order valence-corrected chi connectivity index (χ2v) is 5.47. The molecule has 2 heterocycles. The van der Waals surface area contributed by atoms with E-state index in [9.17, 15) is 0 Å². The first-order chi connectivity index (χ1) is 9.28. The topological polar surface area (TPSA) is 16.1 Å². The van der Waals surface area contributed by atoms with E-state index in [4.69, 9.17) is 11.6 Å². The van der Waals surface area contributed by atoms with E-state index in [0.29, 0.717) is 11.8 Å². The van der Waals surface area contributed by atoms with Gasteiger partial charge in [0.1, 0.15) is 5.82 Å². The van der Waals surface area contributed by atoms with Crippen molar-refractivity contribution < 1.29 is 0 Å². The van der Waals surface area contributed by atoms with E-state index in [0.717, 1.165) is 24.3 Å². The van der Waals surface area contributed by atoms with E-state index in [1.807, 2.05) is 6.20 Å². The molecule has 1 aromatic heterocycles. The maximum atomic E-state index is 5.82. The zero-order valence-electron chi connectivity index (χ0n) is 11.0. The number of pyridine rings is 1. The first-order valence-corrected chi connectivity index (χ1v) is 7.17. The Bertz CT molecular complexity index is 565. The number of anilines is 2. The number of halogens is 1. The highest BCUT2D eigenvalue weighted by atomic mass is 35.5. The molecule has 98 valence electrons. The summed E-state index contributed by atoms with van der Waals surface area (Å²) >= 11 is 5.82. The minimum Gasteiger partial charge on any atom is -0.326 e. The third-order valence-electron chi connectivity index (χ3n) is 3.59. The number of nitrogens with zero attached hydrogens (tertiary/aromatic N) is 2. The molecule has 0 N–H and O–H groups in total. The van der Waals surface area contributed by atoms with Crippen LogP contribution < -0.4 is 4.90 Å². The molecule has 1 aromatic carbocycles. The Balaban J connectivity index is 1.99. The lowest BCUT2D eigenvalue weighted by Gasteiger charge is -2.34. The Kier molecular flexibility index (Phi) is 3.43. The highest BCUT2D eigenvalue weighted by molar-refractivity contribution is 6.17. The predicted octanol–water partition coefficient (Wildman–Crippen LogP) is 4.15. The van der Waals surface area contributed by atoms with Gasteiger partial charge in [0.05, 0.1) is 0 Å². The molecule has 0 saturated carbocycles. The summed E-state index contributed by atoms with van der Waals surface area (Å²) in [7, 11) is 0. The van der Waals surface area contributed by atoms with Crippen LogP contribution in [-0.4, -0.2) is 11.5 Å². The summed E-state index contributed by atoms with van der Waals surface area (Å²) < 4.78 is 0. The number of fused-ring (bicyclic) bond motifs is 1. The van der Waals surface area contributed by atoms with Crippen LogP contribution >= 0.6 is 11.6 Å². The van der Waals surface area contributed by atoms with Gasteiger partial charge in [0, 0.05) is 24.3 Å². The van der Waals surface area contributed by atoms with Gasteiger partial charge < -0.3 is 4.90 Å². The zero-order chi connectivity index (χ0) is 13.2. The van der Waals surface area contributed by atoms with E-state index < -0.39 is 0 Å². The van der Waals surface area contributed by atoms with Gasteiger partial charge in [0.2, 0.25) is 0 Å². The molecule has 2 aromatic rings. The molecule has 0 fully saturated rings. The number of aromatic nitrogens is 1. The van der Waals surface area contributed by atoms with Gasteiger partial charge in [-0.25, -0.2) is 4.98 Å². The monoisotopic (exact) mass is 272 g/mol. The lowest BCUT2D eigenvalue weighted by Crippen LogP contribution is -2.30. The number of benzene rings is 1. The van der Waals surface area contributed by atoms with E-state index >= 15 is 0 Å². The normalized spacial score (nSPS) is 18.2. The van der Waals surface area contributed by atoms with Crippen LogP contribution in [0.1, 0.15) is 18.1 Å². The van der Waals surface area contributed by atoms with Gasteiger partial charge in [-0.3, -0.25) is 0 Å². The van der Waals surface area contributed by atoms with E-state index in [-0.39, 0.29) is 0 Å². The molecule has 1 aliphatic heterocycles. The quantitative estimate of drug-likeness (QED) is 0.764. The summed E-state index contributed by atoms with van der Waals surface area (Å²) in [6, 6.07) is 12.7. The molecule has 0 radical (unpaired) electrons. The molecular weight excluding hydrogens is 256 g/mol. The fraction of sp³-hybridized carbons (Fsp3) is 0.312. The van der Waals surface area contributed by atoms with Crippen LogP contribution in [-0.2, 0) is 12.3 Å². The highest BCUT2D eigenvalue weighted by Crippen LogP contribution is 2.34. The Hall–Kier alpha value is -1.54. The van der Waals surface area contributed by atoms with Crippen LogP contribution in [0.15, 0.2) is 42.6 Å². The molecule has 1 atom stereocenters. The summed E-state index contributed by atoms with van der Waals surface area (Å²) in [6.45, 7) is 3.31. The third-order valence-corrected chi connectivity index (χ3v) is 3.89. The summed E-state index contributed by atoms with van der Waals surface area (Å²) in [5.41, 5.74) is 3.75. The van der Waals surface area contributed by atoms with Gasteiger partial charge in [0.15, 0.2) is 0 Å². The molecule has 0 spiro atoms. The van der Waals surface area contributed by atoms with Gasteiger partial charge >= 0.3 is 0 Å². The first kappa shape index (κ1) is 12.5. The smallest absolute Gasteiger partial charge is 0.132 e. The van der Waals surface area contributed by atoms with Crippen molar-refractivity contribution in [2.24, 2.45) is 5.92 Å². The molecule has 3 rings (SSSR count). The number of rotatable bonds is 2. The number of hydrogen-bond acceptors (Lipinski definition) is 2. The molecule has 19 heavy (non-hydrogen) atoms. The predicted molar refractivity (Wildman–Crippen MR) is 80.1 cm³/mol. The summed E-state index contributed by atoms with van der Waals surface area (Å²) in [5, 5.41) is 0. The van der Waals surface area contributed by atoms with Crippen molar-refractivity contribution >= 4 is 23.1 Å². The van der Waals surface area contributed by atoms with E-state index in [1.54, 1.807) is 0 Å². The Morgan fingerprint density at radius 1 is 1.26 bits per heavy atom. The van der Waals surface area contributed by atoms with Crippen LogP contribution in [0.3, 0.4) is 0 Å². The second-order valence-electron chi connectivity index (χ2n) is 5.21. The molecule has 0 aliphatic carbocycles. The molecule has 0 amide bonds. The average molecular weight is 273 g/mol. The van der Waals surface area contributed by atoms with Crippen molar-refractivity contribution in [3.05, 3.63) is 53.7 Å². The fourth-order valence-corrected chi connectivity index (χ4v) is 2.83. The van der Waals surface area contributed by atoms with Crippen LogP contribution in [0.4, 0.5) is 11.5 Å². The van der Waals surface area contributed by atoms with Gasteiger partial charge in [-0.1, -0.05) is 31.2 Å². The lowest BCUT2D eigenvalue weighted by molar-refractivity contribution is 0.560. The SMILES string of the molecule is CC1Cc2ccccc2N(c2ccc(CCl)cn2)C1. The maximum absolute atomic E-state index is 5.82. The Labute approximate surface area is 119 Å². The van der Waals surface area contributed by atoms with Crippen molar-refractivity contribution in [3.63, 3.8) is 0 Å². The molecule has 1 unspecified atom stereocenters. The van der Waals surface area contributed by atoms with Gasteiger partial charge in [-0.05, 0) is 35.6 Å². The van der Waals surface area contributed by atoms with Gasteiger partial charge in [-0.15, -0.1) is 11.6 Å². The third kappa shape index (κ3) is 2.45.